The van der Waals surface area contributed by atoms with Gasteiger partial charge in [-0.3, -0.25) is 14.9 Å². The average molecular weight is 476 g/mol. The quantitative estimate of drug-likeness (QED) is 0.465. The minimum Gasteiger partial charge on any atom is -0.493 e. The van der Waals surface area contributed by atoms with E-state index < -0.39 is 37.6 Å². The molecule has 0 unspecified atom stereocenters. The molecule has 0 aromatic heterocycles. The minimum atomic E-state index is -4.33. The SMILES string of the molecule is CC[C@@H]1C(=O)N2CCc3cc(OC)c(OC)cc3[C@H]2CN1S(=O)(=O)c1ccccc1[N+](=O)[O-]. The Balaban J connectivity index is 1.82. The lowest BCUT2D eigenvalue weighted by Gasteiger charge is -2.47. The summed E-state index contributed by atoms with van der Waals surface area (Å²) in [6.07, 6.45) is 0.853. The topological polar surface area (TPSA) is 119 Å². The highest BCUT2D eigenvalue weighted by atomic mass is 32.2. The van der Waals surface area contributed by atoms with E-state index in [1.807, 2.05) is 6.07 Å². The Kier molecular flexibility index (Phi) is 6.02. The van der Waals surface area contributed by atoms with Gasteiger partial charge < -0.3 is 14.4 Å². The van der Waals surface area contributed by atoms with Gasteiger partial charge in [0.15, 0.2) is 16.4 Å². The number of hydrogen-bond donors (Lipinski definition) is 0. The highest BCUT2D eigenvalue weighted by Crippen LogP contribution is 2.42. The van der Waals surface area contributed by atoms with Gasteiger partial charge in [-0.25, -0.2) is 8.42 Å². The predicted molar refractivity (Wildman–Crippen MR) is 119 cm³/mol. The first-order valence-corrected chi connectivity index (χ1v) is 12.0. The molecule has 33 heavy (non-hydrogen) atoms. The van der Waals surface area contributed by atoms with Gasteiger partial charge >= 0.3 is 0 Å². The van der Waals surface area contributed by atoms with Crippen LogP contribution in [0.15, 0.2) is 41.3 Å². The second-order valence-electron chi connectivity index (χ2n) is 7.93. The summed E-state index contributed by atoms with van der Waals surface area (Å²) in [6, 6.07) is 7.36. The largest absolute Gasteiger partial charge is 0.493 e. The first-order valence-electron chi connectivity index (χ1n) is 10.5. The van der Waals surface area contributed by atoms with Crippen molar-refractivity contribution in [1.29, 1.82) is 0 Å². The van der Waals surface area contributed by atoms with E-state index in [1.54, 1.807) is 17.9 Å². The molecule has 0 radical (unpaired) electrons. The maximum absolute atomic E-state index is 13.6. The van der Waals surface area contributed by atoms with E-state index in [0.29, 0.717) is 24.5 Å². The number of sulfonamides is 1. The molecule has 0 spiro atoms. The smallest absolute Gasteiger partial charge is 0.289 e. The van der Waals surface area contributed by atoms with Crippen molar-refractivity contribution < 1.29 is 27.6 Å². The summed E-state index contributed by atoms with van der Waals surface area (Å²) >= 11 is 0. The van der Waals surface area contributed by atoms with Gasteiger partial charge in [0, 0.05) is 19.2 Å². The van der Waals surface area contributed by atoms with Crippen molar-refractivity contribution >= 4 is 21.6 Å². The lowest BCUT2D eigenvalue weighted by atomic mass is 9.89. The van der Waals surface area contributed by atoms with Gasteiger partial charge in [-0.1, -0.05) is 19.1 Å². The maximum atomic E-state index is 13.6. The molecule has 2 aliphatic heterocycles. The second kappa shape index (κ2) is 8.64. The van der Waals surface area contributed by atoms with Crippen molar-refractivity contribution in [3.63, 3.8) is 0 Å². The number of nitro groups is 1. The van der Waals surface area contributed by atoms with Crippen LogP contribution in [0.1, 0.15) is 30.5 Å². The monoisotopic (exact) mass is 475 g/mol. The first kappa shape index (κ1) is 23.0. The van der Waals surface area contributed by atoms with Crippen LogP contribution in [0.25, 0.3) is 0 Å². The van der Waals surface area contributed by atoms with Crippen molar-refractivity contribution in [2.75, 3.05) is 27.3 Å². The molecule has 0 saturated carbocycles. The molecule has 1 amide bonds. The third-order valence-electron chi connectivity index (χ3n) is 6.31. The number of ether oxygens (including phenoxy) is 2. The van der Waals surface area contributed by atoms with Crippen molar-refractivity contribution in [1.82, 2.24) is 9.21 Å². The molecule has 2 aliphatic rings. The number of nitrogens with zero attached hydrogens (tertiary/aromatic N) is 3. The van der Waals surface area contributed by atoms with Crippen LogP contribution >= 0.6 is 0 Å². The number of carbonyl (C=O) groups is 1. The van der Waals surface area contributed by atoms with E-state index in [9.17, 15) is 23.3 Å². The number of carbonyl (C=O) groups excluding carboxylic acids is 1. The molecule has 10 nitrogen and oxygen atoms in total. The van der Waals surface area contributed by atoms with E-state index in [4.69, 9.17) is 9.47 Å². The Morgan fingerprint density at radius 1 is 1.15 bits per heavy atom. The Morgan fingerprint density at radius 3 is 2.45 bits per heavy atom. The fourth-order valence-electron chi connectivity index (χ4n) is 4.70. The van der Waals surface area contributed by atoms with E-state index in [1.165, 1.54) is 32.4 Å². The molecule has 1 fully saturated rings. The lowest BCUT2D eigenvalue weighted by Crippen LogP contribution is -2.60. The fourth-order valence-corrected chi connectivity index (χ4v) is 6.52. The van der Waals surface area contributed by atoms with E-state index >= 15 is 0 Å². The van der Waals surface area contributed by atoms with Gasteiger partial charge in [-0.2, -0.15) is 4.31 Å². The minimum absolute atomic E-state index is 0.0128. The molecule has 0 bridgehead atoms. The van der Waals surface area contributed by atoms with Crippen molar-refractivity contribution in [2.24, 2.45) is 0 Å². The molecule has 4 rings (SSSR count). The van der Waals surface area contributed by atoms with Gasteiger partial charge in [0.1, 0.15) is 6.04 Å². The number of rotatable bonds is 6. The third-order valence-corrected chi connectivity index (χ3v) is 8.23. The summed E-state index contributed by atoms with van der Waals surface area (Å²) < 4.78 is 39.2. The zero-order chi connectivity index (χ0) is 23.9. The van der Waals surface area contributed by atoms with Crippen LogP contribution in [0.2, 0.25) is 0 Å². The number of nitro benzene ring substituents is 1. The molecule has 0 aliphatic carbocycles. The molecule has 2 aromatic carbocycles. The fraction of sp³-hybridized carbons (Fsp3) is 0.409. The normalized spacial score (nSPS) is 20.7. The Morgan fingerprint density at radius 2 is 1.82 bits per heavy atom. The number of piperazine rings is 1. The zero-order valence-electron chi connectivity index (χ0n) is 18.6. The highest BCUT2D eigenvalue weighted by Gasteiger charge is 2.48. The van der Waals surface area contributed by atoms with Gasteiger partial charge in [0.2, 0.25) is 5.91 Å². The highest BCUT2D eigenvalue weighted by molar-refractivity contribution is 7.89. The Labute approximate surface area is 191 Å². The summed E-state index contributed by atoms with van der Waals surface area (Å²) in [4.78, 5) is 25.5. The van der Waals surface area contributed by atoms with Gasteiger partial charge in [0.05, 0.1) is 25.2 Å². The van der Waals surface area contributed by atoms with Crippen LogP contribution in [0.5, 0.6) is 11.5 Å². The number of fused-ring (bicyclic) bond motifs is 3. The Hall–Kier alpha value is -3.18. The van der Waals surface area contributed by atoms with Crippen molar-refractivity contribution in [3.8, 4) is 11.5 Å². The molecule has 2 heterocycles. The summed E-state index contributed by atoms with van der Waals surface area (Å²) in [7, 11) is -1.28. The number of methoxy groups -OCH3 is 2. The van der Waals surface area contributed by atoms with Crippen molar-refractivity contribution in [2.45, 2.75) is 36.7 Å². The summed E-state index contributed by atoms with van der Waals surface area (Å²) in [5.74, 6) is 0.732. The molecule has 176 valence electrons. The van der Waals surface area contributed by atoms with E-state index in [0.717, 1.165) is 21.5 Å². The lowest BCUT2D eigenvalue weighted by molar-refractivity contribution is -0.387. The van der Waals surface area contributed by atoms with Gasteiger partial charge in [0.25, 0.3) is 15.7 Å². The van der Waals surface area contributed by atoms with E-state index in [2.05, 4.69) is 0 Å². The van der Waals surface area contributed by atoms with Crippen LogP contribution in [-0.2, 0) is 21.2 Å². The van der Waals surface area contributed by atoms with Crippen LogP contribution in [0.3, 0.4) is 0 Å². The summed E-state index contributed by atoms with van der Waals surface area (Å²) in [5.41, 5.74) is 1.21. The third kappa shape index (κ3) is 3.70. The first-order chi connectivity index (χ1) is 15.7. The van der Waals surface area contributed by atoms with Crippen LogP contribution in [-0.4, -0.2) is 61.8 Å². The number of benzene rings is 2. The maximum Gasteiger partial charge on any atom is 0.289 e. The molecule has 11 heteroatoms. The molecular weight excluding hydrogens is 450 g/mol. The predicted octanol–water partition coefficient (Wildman–Crippen LogP) is 2.52. The van der Waals surface area contributed by atoms with Gasteiger partial charge in [-0.15, -0.1) is 0 Å². The van der Waals surface area contributed by atoms with Crippen LogP contribution in [0.4, 0.5) is 5.69 Å². The zero-order valence-corrected chi connectivity index (χ0v) is 19.4. The van der Waals surface area contributed by atoms with Crippen molar-refractivity contribution in [3.05, 3.63) is 57.6 Å². The molecule has 2 aromatic rings. The molecule has 1 saturated heterocycles. The molecular formula is C22H25N3O7S. The molecule has 0 N–H and O–H groups in total. The van der Waals surface area contributed by atoms with E-state index in [-0.39, 0.29) is 18.9 Å². The average Bonchev–Trinajstić information content (AvgIpc) is 2.82. The number of hydrogen-bond acceptors (Lipinski definition) is 7. The van der Waals surface area contributed by atoms with Gasteiger partial charge in [-0.05, 0) is 42.2 Å². The number of para-hydroxylation sites is 1. The Bertz CT molecular complexity index is 1210. The van der Waals surface area contributed by atoms with Crippen LogP contribution in [0, 0.1) is 10.1 Å². The second-order valence-corrected chi connectivity index (χ2v) is 9.79. The summed E-state index contributed by atoms with van der Waals surface area (Å²) in [5, 5.41) is 11.5. The molecule has 2 atom stereocenters. The van der Waals surface area contributed by atoms with Crippen LogP contribution < -0.4 is 9.47 Å². The number of amides is 1. The summed E-state index contributed by atoms with van der Waals surface area (Å²) in [6.45, 7) is 2.17. The standard InChI is InChI=1S/C22H25N3O7S/c1-4-16-22(26)23-10-9-14-11-19(31-2)20(32-3)12-15(14)18(23)13-24(16)33(29,30)21-8-6-5-7-17(21)25(27)28/h5-8,11-12,16,18H,4,9-10,13H2,1-3H3/t16-,18-/m1/s1.